The fourth-order valence-corrected chi connectivity index (χ4v) is 1.44. The fourth-order valence-electron chi connectivity index (χ4n) is 1.18. The quantitative estimate of drug-likeness (QED) is 0.386. The molecule has 0 aliphatic rings. The molecule has 7 heteroatoms. The Kier molecular flexibility index (Phi) is 4.39. The second kappa shape index (κ2) is 5.79. The van der Waals surface area contributed by atoms with E-state index in [1.54, 1.807) is 18.2 Å². The number of rotatable bonds is 4. The molecule has 0 amide bonds. The van der Waals surface area contributed by atoms with E-state index in [9.17, 15) is 4.79 Å². The van der Waals surface area contributed by atoms with E-state index in [1.165, 1.54) is 13.2 Å². The molecule has 1 N–H and O–H groups in total. The number of carboxylic acids is 1. The van der Waals surface area contributed by atoms with Crippen LogP contribution in [0.25, 0.3) is 16.5 Å². The molecule has 17 heavy (non-hydrogen) atoms. The second-order valence-electron chi connectivity index (χ2n) is 2.89. The van der Waals surface area contributed by atoms with Gasteiger partial charge in [-0.1, -0.05) is 28.8 Å². The van der Waals surface area contributed by atoms with Gasteiger partial charge in [0.15, 0.2) is 0 Å². The van der Waals surface area contributed by atoms with Crippen LogP contribution in [0.5, 0.6) is 5.75 Å². The van der Waals surface area contributed by atoms with Crippen LogP contribution < -0.4 is 4.74 Å². The highest BCUT2D eigenvalue weighted by molar-refractivity contribution is 6.32. The van der Waals surface area contributed by atoms with Crippen LogP contribution in [0, 0.1) is 0 Å². The lowest BCUT2D eigenvalue weighted by Gasteiger charge is -2.06. The molecule has 0 fully saturated rings. The average Bonchev–Trinajstić information content (AvgIpc) is 2.28. The molecular formula is C10H8ClN3O3. The van der Waals surface area contributed by atoms with Crippen molar-refractivity contribution in [1.82, 2.24) is 0 Å². The standard InChI is InChI=1S/C10H8ClN3O3/c1-17-9-6(3-2-4-7(9)11)5-8(10(15)16)13-14-12/h2-5H,1H3,(H,15,16)/b8-5-. The number of azide groups is 1. The number of hydrogen-bond acceptors (Lipinski definition) is 3. The first kappa shape index (κ1) is 12.9. The van der Waals surface area contributed by atoms with E-state index >= 15 is 0 Å². The van der Waals surface area contributed by atoms with Crippen molar-refractivity contribution in [1.29, 1.82) is 0 Å². The van der Waals surface area contributed by atoms with Gasteiger partial charge in [0.2, 0.25) is 0 Å². The summed E-state index contributed by atoms with van der Waals surface area (Å²) in [5.74, 6) is -1.01. The van der Waals surface area contributed by atoms with Crippen LogP contribution in [0.4, 0.5) is 0 Å². The predicted octanol–water partition coefficient (Wildman–Crippen LogP) is 3.08. The van der Waals surface area contributed by atoms with Gasteiger partial charge in [-0.05, 0) is 17.7 Å². The Morgan fingerprint density at radius 2 is 2.35 bits per heavy atom. The van der Waals surface area contributed by atoms with Crippen LogP contribution in [0.2, 0.25) is 5.02 Å². The second-order valence-corrected chi connectivity index (χ2v) is 3.29. The molecule has 88 valence electrons. The summed E-state index contributed by atoms with van der Waals surface area (Å²) in [5.41, 5.74) is 8.23. The SMILES string of the molecule is COc1c(Cl)cccc1/C=C(\N=[N+]=[N-])C(=O)O. The summed E-state index contributed by atoms with van der Waals surface area (Å²) >= 11 is 5.86. The number of benzene rings is 1. The minimum atomic E-state index is -1.33. The van der Waals surface area contributed by atoms with Gasteiger partial charge in [0.1, 0.15) is 11.4 Å². The molecule has 0 aliphatic heterocycles. The first-order chi connectivity index (χ1) is 8.10. The molecule has 6 nitrogen and oxygen atoms in total. The molecule has 0 saturated carbocycles. The van der Waals surface area contributed by atoms with E-state index in [2.05, 4.69) is 10.0 Å². The predicted molar refractivity (Wildman–Crippen MR) is 62.8 cm³/mol. The maximum atomic E-state index is 10.8. The van der Waals surface area contributed by atoms with Gasteiger partial charge in [0.25, 0.3) is 0 Å². The largest absolute Gasteiger partial charge is 0.495 e. The van der Waals surface area contributed by atoms with Gasteiger partial charge in [0, 0.05) is 10.5 Å². The minimum absolute atomic E-state index is 0.320. The smallest absolute Gasteiger partial charge is 0.338 e. The zero-order valence-electron chi connectivity index (χ0n) is 8.79. The van der Waals surface area contributed by atoms with Crippen LogP contribution in [0.15, 0.2) is 29.0 Å². The molecular weight excluding hydrogens is 246 g/mol. The first-order valence-electron chi connectivity index (χ1n) is 4.42. The van der Waals surface area contributed by atoms with Crippen molar-refractivity contribution in [2.45, 2.75) is 0 Å². The Morgan fingerprint density at radius 1 is 1.65 bits per heavy atom. The molecule has 0 aromatic heterocycles. The molecule has 0 heterocycles. The lowest BCUT2D eigenvalue weighted by Crippen LogP contribution is -1.97. The molecule has 1 rings (SSSR count). The summed E-state index contributed by atoms with van der Waals surface area (Å²) < 4.78 is 5.03. The molecule has 1 aromatic rings. The van der Waals surface area contributed by atoms with Crippen LogP contribution in [-0.2, 0) is 4.79 Å². The monoisotopic (exact) mass is 253 g/mol. The Hall–Kier alpha value is -2.17. The molecule has 0 saturated heterocycles. The van der Waals surface area contributed by atoms with Crippen molar-refractivity contribution < 1.29 is 14.6 Å². The third-order valence-electron chi connectivity index (χ3n) is 1.87. The van der Waals surface area contributed by atoms with Gasteiger partial charge >= 0.3 is 5.97 Å². The lowest BCUT2D eigenvalue weighted by atomic mass is 10.1. The number of nitrogens with zero attached hydrogens (tertiary/aromatic N) is 3. The summed E-state index contributed by atoms with van der Waals surface area (Å²) in [4.78, 5) is 13.2. The number of para-hydroxylation sites is 1. The third-order valence-corrected chi connectivity index (χ3v) is 2.16. The number of methoxy groups -OCH3 is 1. The van der Waals surface area contributed by atoms with Crippen LogP contribution in [0.1, 0.15) is 5.56 Å². The minimum Gasteiger partial charge on any atom is -0.495 e. The average molecular weight is 254 g/mol. The lowest BCUT2D eigenvalue weighted by molar-refractivity contribution is -0.132. The van der Waals surface area contributed by atoms with Gasteiger partial charge in [-0.2, -0.15) is 0 Å². The summed E-state index contributed by atoms with van der Waals surface area (Å²) in [6, 6.07) is 4.83. The molecule has 1 aromatic carbocycles. The maximum absolute atomic E-state index is 10.8. The van der Waals surface area contributed by atoms with E-state index in [0.717, 1.165) is 0 Å². The van der Waals surface area contributed by atoms with Gasteiger partial charge in [0.05, 0.1) is 12.1 Å². The van der Waals surface area contributed by atoms with Crippen LogP contribution in [-0.4, -0.2) is 18.2 Å². The zero-order valence-corrected chi connectivity index (χ0v) is 9.55. The van der Waals surface area contributed by atoms with E-state index in [-0.39, 0.29) is 0 Å². The molecule has 0 atom stereocenters. The Labute approximate surface area is 102 Å². The van der Waals surface area contributed by atoms with Gasteiger partial charge in [-0.15, -0.1) is 0 Å². The first-order valence-corrected chi connectivity index (χ1v) is 4.80. The molecule has 0 radical (unpaired) electrons. The summed E-state index contributed by atoms with van der Waals surface area (Å²) in [6.45, 7) is 0. The van der Waals surface area contributed by atoms with Crippen LogP contribution >= 0.6 is 11.6 Å². The number of carboxylic acid groups (broad SMARTS) is 1. The Bertz CT molecular complexity index is 518. The fraction of sp³-hybridized carbons (Fsp3) is 0.100. The molecule has 0 bridgehead atoms. The molecule has 0 unspecified atom stereocenters. The van der Waals surface area contributed by atoms with E-state index in [0.29, 0.717) is 16.3 Å². The maximum Gasteiger partial charge on any atom is 0.338 e. The van der Waals surface area contributed by atoms with Crippen molar-refractivity contribution >= 4 is 23.6 Å². The normalized spacial score (nSPS) is 10.6. The van der Waals surface area contributed by atoms with E-state index in [1.807, 2.05) is 0 Å². The van der Waals surface area contributed by atoms with Crippen molar-refractivity contribution in [3.63, 3.8) is 0 Å². The highest BCUT2D eigenvalue weighted by Gasteiger charge is 2.09. The number of hydrogen-bond donors (Lipinski definition) is 1. The van der Waals surface area contributed by atoms with Gasteiger partial charge < -0.3 is 9.84 Å². The number of halogens is 1. The Morgan fingerprint density at radius 3 is 2.88 bits per heavy atom. The summed E-state index contributed by atoms with van der Waals surface area (Å²) in [5, 5.41) is 12.2. The van der Waals surface area contributed by atoms with Crippen molar-refractivity contribution in [2.24, 2.45) is 5.11 Å². The highest BCUT2D eigenvalue weighted by Crippen LogP contribution is 2.30. The zero-order chi connectivity index (χ0) is 12.8. The molecule has 0 spiro atoms. The number of carbonyl (C=O) groups is 1. The van der Waals surface area contributed by atoms with E-state index in [4.69, 9.17) is 27.0 Å². The van der Waals surface area contributed by atoms with Gasteiger partial charge in [-0.3, -0.25) is 0 Å². The highest BCUT2D eigenvalue weighted by atomic mass is 35.5. The van der Waals surface area contributed by atoms with Crippen molar-refractivity contribution in [3.8, 4) is 5.75 Å². The van der Waals surface area contributed by atoms with E-state index < -0.39 is 11.7 Å². The molecule has 0 aliphatic carbocycles. The van der Waals surface area contributed by atoms with Crippen molar-refractivity contribution in [2.75, 3.05) is 7.11 Å². The summed E-state index contributed by atoms with van der Waals surface area (Å²) in [7, 11) is 1.41. The van der Waals surface area contributed by atoms with Crippen molar-refractivity contribution in [3.05, 3.63) is 44.9 Å². The number of ether oxygens (including phenoxy) is 1. The summed E-state index contributed by atoms with van der Waals surface area (Å²) in [6.07, 6.45) is 1.19. The number of aliphatic carboxylic acids is 1. The van der Waals surface area contributed by atoms with Gasteiger partial charge in [-0.25, -0.2) is 4.79 Å². The third kappa shape index (κ3) is 3.14. The van der Waals surface area contributed by atoms with Crippen LogP contribution in [0.3, 0.4) is 0 Å². The Balaban J connectivity index is 3.33. The topological polar surface area (TPSA) is 95.3 Å².